The van der Waals surface area contributed by atoms with E-state index in [0.717, 1.165) is 45.2 Å². The molecule has 19 heavy (non-hydrogen) atoms. The number of β-amino-alcohol motifs (C(OH)–C–C–N with tert-alkyl or cyclic N) is 1. The maximum atomic E-state index is 9.39. The minimum absolute atomic E-state index is 0.196. The highest BCUT2D eigenvalue weighted by atomic mass is 16.5. The number of aliphatic hydroxyl groups is 1. The van der Waals surface area contributed by atoms with Crippen molar-refractivity contribution < 1.29 is 9.84 Å². The molecule has 0 amide bonds. The molecule has 0 saturated carbocycles. The van der Waals surface area contributed by atoms with Gasteiger partial charge in [0.25, 0.3) is 0 Å². The van der Waals surface area contributed by atoms with E-state index >= 15 is 0 Å². The van der Waals surface area contributed by atoms with Gasteiger partial charge < -0.3 is 20.1 Å². The Kier molecular flexibility index (Phi) is 6.57. The molecule has 4 nitrogen and oxygen atoms in total. The third-order valence-electron chi connectivity index (χ3n) is 4.31. The fourth-order valence-electron chi connectivity index (χ4n) is 3.16. The van der Waals surface area contributed by atoms with E-state index in [-0.39, 0.29) is 6.10 Å². The van der Waals surface area contributed by atoms with Crippen molar-refractivity contribution in [3.63, 3.8) is 0 Å². The van der Waals surface area contributed by atoms with Crippen molar-refractivity contribution in [2.75, 3.05) is 39.3 Å². The van der Waals surface area contributed by atoms with Gasteiger partial charge in [0, 0.05) is 19.7 Å². The molecule has 112 valence electrons. The van der Waals surface area contributed by atoms with Crippen LogP contribution in [0, 0.1) is 5.92 Å². The van der Waals surface area contributed by atoms with Crippen molar-refractivity contribution >= 4 is 0 Å². The minimum Gasteiger partial charge on any atom is -0.392 e. The Hall–Kier alpha value is -0.160. The molecule has 2 N–H and O–H groups in total. The van der Waals surface area contributed by atoms with Crippen LogP contribution in [-0.4, -0.2) is 61.5 Å². The zero-order valence-electron chi connectivity index (χ0n) is 12.3. The molecule has 2 heterocycles. The molecule has 0 aromatic carbocycles. The second-order valence-corrected chi connectivity index (χ2v) is 6.24. The molecule has 4 heteroatoms. The average molecular weight is 270 g/mol. The van der Waals surface area contributed by atoms with Gasteiger partial charge in [0.1, 0.15) is 0 Å². The van der Waals surface area contributed by atoms with Crippen molar-refractivity contribution in [3.05, 3.63) is 0 Å². The molecule has 0 spiro atoms. The van der Waals surface area contributed by atoms with E-state index in [0.29, 0.717) is 6.10 Å². The summed E-state index contributed by atoms with van der Waals surface area (Å²) in [5.74, 6) is 0.800. The summed E-state index contributed by atoms with van der Waals surface area (Å²) in [6.07, 6.45) is 6.54. The smallest absolute Gasteiger partial charge is 0.0699 e. The van der Waals surface area contributed by atoms with E-state index < -0.39 is 0 Å². The van der Waals surface area contributed by atoms with Crippen LogP contribution in [0.2, 0.25) is 0 Å². The van der Waals surface area contributed by atoms with Gasteiger partial charge in [-0.05, 0) is 64.6 Å². The van der Waals surface area contributed by atoms with Crippen LogP contribution in [0.15, 0.2) is 0 Å². The quantitative estimate of drug-likeness (QED) is 0.762. The molecule has 0 aromatic heterocycles. The van der Waals surface area contributed by atoms with Crippen LogP contribution < -0.4 is 5.32 Å². The lowest BCUT2D eigenvalue weighted by molar-refractivity contribution is 0.0159. The van der Waals surface area contributed by atoms with Gasteiger partial charge in [0.2, 0.25) is 0 Å². The van der Waals surface area contributed by atoms with Crippen molar-refractivity contribution in [1.82, 2.24) is 10.2 Å². The van der Waals surface area contributed by atoms with Gasteiger partial charge in [0.15, 0.2) is 0 Å². The third kappa shape index (κ3) is 5.78. The Morgan fingerprint density at radius 1 is 1.21 bits per heavy atom. The molecule has 0 unspecified atom stereocenters. The van der Waals surface area contributed by atoms with Crippen molar-refractivity contribution in [1.29, 1.82) is 0 Å². The van der Waals surface area contributed by atoms with Crippen molar-refractivity contribution in [3.8, 4) is 0 Å². The summed E-state index contributed by atoms with van der Waals surface area (Å²) in [6, 6.07) is 0. The maximum Gasteiger partial charge on any atom is 0.0699 e. The maximum absolute atomic E-state index is 9.39. The predicted octanol–water partition coefficient (Wildman–Crippen LogP) is 1.24. The van der Waals surface area contributed by atoms with E-state index in [1.165, 1.54) is 32.1 Å². The fraction of sp³-hybridized carbons (Fsp3) is 1.00. The molecule has 0 radical (unpaired) electrons. The largest absolute Gasteiger partial charge is 0.392 e. The van der Waals surface area contributed by atoms with Crippen LogP contribution in [0.1, 0.15) is 39.0 Å². The van der Waals surface area contributed by atoms with Crippen LogP contribution in [0.25, 0.3) is 0 Å². The summed E-state index contributed by atoms with van der Waals surface area (Å²) < 4.78 is 5.73. The first-order valence-electron chi connectivity index (χ1n) is 7.97. The fourth-order valence-corrected chi connectivity index (χ4v) is 3.16. The summed E-state index contributed by atoms with van der Waals surface area (Å²) in [6.45, 7) is 8.07. The first-order valence-corrected chi connectivity index (χ1v) is 7.97. The third-order valence-corrected chi connectivity index (χ3v) is 4.31. The van der Waals surface area contributed by atoms with Crippen LogP contribution in [0.5, 0.6) is 0 Å². The van der Waals surface area contributed by atoms with Crippen LogP contribution in [0.4, 0.5) is 0 Å². The van der Waals surface area contributed by atoms with Gasteiger partial charge in [-0.25, -0.2) is 0 Å². The summed E-state index contributed by atoms with van der Waals surface area (Å²) in [5, 5.41) is 13.0. The lowest BCUT2D eigenvalue weighted by Crippen LogP contribution is -2.41. The molecule has 2 fully saturated rings. The van der Waals surface area contributed by atoms with Gasteiger partial charge in [0.05, 0.1) is 12.2 Å². The number of hydrogen-bond acceptors (Lipinski definition) is 4. The topological polar surface area (TPSA) is 44.7 Å². The number of nitrogens with one attached hydrogen (secondary N) is 1. The Balaban J connectivity index is 1.53. The second kappa shape index (κ2) is 8.20. The molecule has 2 aliphatic rings. The summed E-state index contributed by atoms with van der Waals surface area (Å²) in [7, 11) is 0. The first-order chi connectivity index (χ1) is 9.24. The highest BCUT2D eigenvalue weighted by Crippen LogP contribution is 2.17. The summed E-state index contributed by atoms with van der Waals surface area (Å²) in [5.41, 5.74) is 0. The van der Waals surface area contributed by atoms with E-state index in [4.69, 9.17) is 4.74 Å². The van der Waals surface area contributed by atoms with E-state index in [2.05, 4.69) is 10.2 Å². The highest BCUT2D eigenvalue weighted by molar-refractivity contribution is 4.76. The molecule has 2 rings (SSSR count). The minimum atomic E-state index is -0.196. The van der Waals surface area contributed by atoms with Crippen molar-refractivity contribution in [2.24, 2.45) is 5.92 Å². The Labute approximate surface area is 117 Å². The normalized spacial score (nSPS) is 28.4. The predicted molar refractivity (Wildman–Crippen MR) is 77.3 cm³/mol. The molecular formula is C15H30N2O2. The number of piperidine rings is 1. The van der Waals surface area contributed by atoms with Crippen LogP contribution in [-0.2, 0) is 4.74 Å². The number of likely N-dealkylation sites (tertiary alicyclic amines) is 1. The number of nitrogens with zero attached hydrogens (tertiary/aromatic N) is 1. The summed E-state index contributed by atoms with van der Waals surface area (Å²) >= 11 is 0. The van der Waals surface area contributed by atoms with Gasteiger partial charge in [-0.3, -0.25) is 0 Å². The van der Waals surface area contributed by atoms with Crippen LogP contribution in [0.3, 0.4) is 0 Å². The second-order valence-electron chi connectivity index (χ2n) is 6.24. The van der Waals surface area contributed by atoms with E-state index in [9.17, 15) is 5.11 Å². The lowest BCUT2D eigenvalue weighted by Gasteiger charge is -2.33. The van der Waals surface area contributed by atoms with Gasteiger partial charge in [-0.1, -0.05) is 0 Å². The van der Waals surface area contributed by atoms with Gasteiger partial charge in [-0.2, -0.15) is 0 Å². The number of hydrogen-bond donors (Lipinski definition) is 2. The SMILES string of the molecule is C[C@H](O)CN1CCC(CNC[C@H]2CCCCO2)CC1. The molecule has 2 atom stereocenters. The van der Waals surface area contributed by atoms with Gasteiger partial charge >= 0.3 is 0 Å². The van der Waals surface area contributed by atoms with Crippen LogP contribution >= 0.6 is 0 Å². The van der Waals surface area contributed by atoms with E-state index in [1.807, 2.05) is 6.92 Å². The number of rotatable bonds is 6. The zero-order chi connectivity index (χ0) is 13.5. The molecular weight excluding hydrogens is 240 g/mol. The first kappa shape index (κ1) is 15.2. The summed E-state index contributed by atoms with van der Waals surface area (Å²) in [4.78, 5) is 2.38. The van der Waals surface area contributed by atoms with Crippen molar-refractivity contribution in [2.45, 2.75) is 51.2 Å². The lowest BCUT2D eigenvalue weighted by atomic mass is 9.96. The Morgan fingerprint density at radius 2 is 2.00 bits per heavy atom. The van der Waals surface area contributed by atoms with Gasteiger partial charge in [-0.15, -0.1) is 0 Å². The van der Waals surface area contributed by atoms with E-state index in [1.54, 1.807) is 0 Å². The molecule has 2 aliphatic heterocycles. The Bertz CT molecular complexity index is 234. The monoisotopic (exact) mass is 270 g/mol. The molecule has 0 bridgehead atoms. The zero-order valence-corrected chi connectivity index (χ0v) is 12.3. The molecule has 0 aromatic rings. The highest BCUT2D eigenvalue weighted by Gasteiger charge is 2.20. The standard InChI is InChI=1S/C15H30N2O2/c1-13(18)12-17-7-5-14(6-8-17)10-16-11-15-4-2-3-9-19-15/h13-16,18H,2-12H2,1H3/t13-,15+/m0/s1. The number of aliphatic hydroxyl groups excluding tert-OH is 1. The number of ether oxygens (including phenoxy) is 1. The molecule has 2 saturated heterocycles. The Morgan fingerprint density at radius 3 is 2.63 bits per heavy atom. The molecule has 0 aliphatic carbocycles. The average Bonchev–Trinajstić information content (AvgIpc) is 2.41.